The summed E-state index contributed by atoms with van der Waals surface area (Å²) in [5.41, 5.74) is -0.189. The SMILES string of the molecule is CC(C)CCOc1ccc(NC(=O)N2CCC(C)(C(=O)O)C2)cc1. The summed E-state index contributed by atoms with van der Waals surface area (Å²) >= 11 is 0. The van der Waals surface area contributed by atoms with Crippen molar-refractivity contribution in [2.45, 2.75) is 33.6 Å². The maximum Gasteiger partial charge on any atom is 0.321 e. The number of carboxylic acid groups (broad SMARTS) is 1. The number of anilines is 1. The van der Waals surface area contributed by atoms with Crippen LogP contribution in [0.4, 0.5) is 10.5 Å². The van der Waals surface area contributed by atoms with Gasteiger partial charge in [-0.3, -0.25) is 4.79 Å². The fourth-order valence-electron chi connectivity index (χ4n) is 2.56. The number of amides is 2. The average Bonchev–Trinajstić information content (AvgIpc) is 2.93. The number of benzene rings is 1. The number of ether oxygens (including phenoxy) is 1. The highest BCUT2D eigenvalue weighted by molar-refractivity contribution is 5.90. The molecule has 0 aromatic heterocycles. The van der Waals surface area contributed by atoms with E-state index in [0.29, 0.717) is 31.2 Å². The van der Waals surface area contributed by atoms with Crippen molar-refractivity contribution >= 4 is 17.7 Å². The molecule has 132 valence electrons. The predicted octanol–water partition coefficient (Wildman–Crippen LogP) is 3.44. The van der Waals surface area contributed by atoms with Crippen LogP contribution in [-0.2, 0) is 4.79 Å². The number of likely N-dealkylation sites (tertiary alicyclic amines) is 1. The van der Waals surface area contributed by atoms with Gasteiger partial charge in [-0.2, -0.15) is 0 Å². The number of hydrogen-bond donors (Lipinski definition) is 2. The van der Waals surface area contributed by atoms with E-state index in [1.165, 1.54) is 0 Å². The van der Waals surface area contributed by atoms with E-state index in [9.17, 15) is 14.7 Å². The van der Waals surface area contributed by atoms with Crippen LogP contribution in [-0.4, -0.2) is 41.7 Å². The third-order valence-corrected chi connectivity index (χ3v) is 4.35. The normalized spacial score (nSPS) is 20.2. The Bertz CT molecular complexity index is 585. The van der Waals surface area contributed by atoms with Gasteiger partial charge in [0.2, 0.25) is 0 Å². The van der Waals surface area contributed by atoms with Crippen LogP contribution >= 0.6 is 0 Å². The molecular weight excluding hydrogens is 308 g/mol. The average molecular weight is 334 g/mol. The summed E-state index contributed by atoms with van der Waals surface area (Å²) in [6.07, 6.45) is 1.47. The monoisotopic (exact) mass is 334 g/mol. The fourth-order valence-corrected chi connectivity index (χ4v) is 2.56. The first-order valence-corrected chi connectivity index (χ1v) is 8.32. The van der Waals surface area contributed by atoms with Gasteiger partial charge in [-0.1, -0.05) is 13.8 Å². The molecule has 2 N–H and O–H groups in total. The lowest BCUT2D eigenvalue weighted by molar-refractivity contribution is -0.146. The summed E-state index contributed by atoms with van der Waals surface area (Å²) in [5.74, 6) is 0.509. The van der Waals surface area contributed by atoms with Crippen LogP contribution in [0, 0.1) is 11.3 Å². The number of nitrogens with one attached hydrogen (secondary N) is 1. The summed E-state index contributed by atoms with van der Waals surface area (Å²) < 4.78 is 5.64. The first-order valence-electron chi connectivity index (χ1n) is 8.32. The second-order valence-electron chi connectivity index (χ2n) is 7.02. The molecule has 1 aromatic rings. The molecular formula is C18H26N2O4. The molecule has 1 heterocycles. The Hall–Kier alpha value is -2.24. The summed E-state index contributed by atoms with van der Waals surface area (Å²) in [7, 11) is 0. The molecule has 1 unspecified atom stereocenters. The minimum atomic E-state index is -0.860. The maximum atomic E-state index is 12.2. The van der Waals surface area contributed by atoms with Crippen molar-refractivity contribution < 1.29 is 19.4 Å². The van der Waals surface area contributed by atoms with E-state index < -0.39 is 11.4 Å². The van der Waals surface area contributed by atoms with Crippen molar-refractivity contribution in [3.05, 3.63) is 24.3 Å². The number of carbonyl (C=O) groups is 2. The van der Waals surface area contributed by atoms with Crippen LogP contribution in [0.25, 0.3) is 0 Å². The molecule has 0 bridgehead atoms. The lowest BCUT2D eigenvalue weighted by Gasteiger charge is -2.20. The topological polar surface area (TPSA) is 78.9 Å². The van der Waals surface area contributed by atoms with Crippen molar-refractivity contribution in [2.24, 2.45) is 11.3 Å². The Labute approximate surface area is 142 Å². The molecule has 2 rings (SSSR count). The van der Waals surface area contributed by atoms with E-state index >= 15 is 0 Å². The van der Waals surface area contributed by atoms with Crippen LogP contribution in [0.15, 0.2) is 24.3 Å². The van der Waals surface area contributed by atoms with E-state index in [2.05, 4.69) is 19.2 Å². The van der Waals surface area contributed by atoms with Crippen molar-refractivity contribution in [2.75, 3.05) is 25.0 Å². The molecule has 0 saturated carbocycles. The number of urea groups is 1. The number of nitrogens with zero attached hydrogens (tertiary/aromatic N) is 1. The number of rotatable bonds is 6. The standard InChI is InChI=1S/C18H26N2O4/c1-13(2)8-11-24-15-6-4-14(5-7-15)19-17(23)20-10-9-18(3,12-20)16(21)22/h4-7,13H,8-12H2,1-3H3,(H,19,23)(H,21,22). The molecule has 6 nitrogen and oxygen atoms in total. The lowest BCUT2D eigenvalue weighted by Crippen LogP contribution is -2.37. The Morgan fingerprint density at radius 1 is 1.33 bits per heavy atom. The van der Waals surface area contributed by atoms with Crippen LogP contribution in [0.5, 0.6) is 5.75 Å². The van der Waals surface area contributed by atoms with E-state index in [1.807, 2.05) is 12.1 Å². The van der Waals surface area contributed by atoms with Gasteiger partial charge in [0.05, 0.1) is 12.0 Å². The number of hydrogen-bond acceptors (Lipinski definition) is 3. The second-order valence-corrected chi connectivity index (χ2v) is 7.02. The van der Waals surface area contributed by atoms with Gasteiger partial charge < -0.3 is 20.1 Å². The highest BCUT2D eigenvalue weighted by atomic mass is 16.5. The molecule has 0 aliphatic carbocycles. The Balaban J connectivity index is 1.85. The van der Waals surface area contributed by atoms with E-state index in [4.69, 9.17) is 4.74 Å². The Morgan fingerprint density at radius 2 is 2.00 bits per heavy atom. The maximum absolute atomic E-state index is 12.2. The van der Waals surface area contributed by atoms with E-state index in [-0.39, 0.29) is 12.6 Å². The number of carbonyl (C=O) groups excluding carboxylic acids is 1. The minimum Gasteiger partial charge on any atom is -0.494 e. The molecule has 1 atom stereocenters. The summed E-state index contributed by atoms with van der Waals surface area (Å²) in [4.78, 5) is 25.0. The fraction of sp³-hybridized carbons (Fsp3) is 0.556. The summed E-state index contributed by atoms with van der Waals surface area (Å²) in [5, 5.41) is 12.0. The number of carboxylic acids is 1. The largest absolute Gasteiger partial charge is 0.494 e. The van der Waals surface area contributed by atoms with Crippen molar-refractivity contribution in [1.82, 2.24) is 4.90 Å². The molecule has 1 aliphatic rings. The third kappa shape index (κ3) is 4.63. The van der Waals surface area contributed by atoms with Gasteiger partial charge in [-0.25, -0.2) is 4.79 Å². The smallest absolute Gasteiger partial charge is 0.321 e. The highest BCUT2D eigenvalue weighted by Gasteiger charge is 2.42. The van der Waals surface area contributed by atoms with Crippen molar-refractivity contribution in [3.63, 3.8) is 0 Å². The number of aliphatic carboxylic acids is 1. The molecule has 24 heavy (non-hydrogen) atoms. The summed E-state index contributed by atoms with van der Waals surface area (Å²) in [6.45, 7) is 7.32. The minimum absolute atomic E-state index is 0.227. The Kier molecular flexibility index (Phi) is 5.70. The highest BCUT2D eigenvalue weighted by Crippen LogP contribution is 2.30. The molecule has 2 amide bonds. The molecule has 6 heteroatoms. The van der Waals surface area contributed by atoms with E-state index in [0.717, 1.165) is 12.2 Å². The van der Waals surface area contributed by atoms with Crippen LogP contribution < -0.4 is 10.1 Å². The van der Waals surface area contributed by atoms with Gasteiger partial charge in [-0.15, -0.1) is 0 Å². The van der Waals surface area contributed by atoms with Gasteiger partial charge in [0.15, 0.2) is 0 Å². The van der Waals surface area contributed by atoms with Gasteiger partial charge in [0, 0.05) is 18.8 Å². The molecule has 1 aliphatic heterocycles. The first kappa shape index (κ1) is 18.1. The first-order chi connectivity index (χ1) is 11.3. The quantitative estimate of drug-likeness (QED) is 0.835. The van der Waals surface area contributed by atoms with Crippen LogP contribution in [0.2, 0.25) is 0 Å². The van der Waals surface area contributed by atoms with Gasteiger partial charge >= 0.3 is 12.0 Å². The third-order valence-electron chi connectivity index (χ3n) is 4.35. The predicted molar refractivity (Wildman–Crippen MR) is 92.3 cm³/mol. The zero-order valence-electron chi connectivity index (χ0n) is 14.5. The molecule has 0 radical (unpaired) electrons. The van der Waals surface area contributed by atoms with Crippen molar-refractivity contribution in [3.8, 4) is 5.75 Å². The molecule has 0 spiro atoms. The van der Waals surface area contributed by atoms with Crippen LogP contribution in [0.1, 0.15) is 33.6 Å². The van der Waals surface area contributed by atoms with Gasteiger partial charge in [0.25, 0.3) is 0 Å². The van der Waals surface area contributed by atoms with Gasteiger partial charge in [-0.05, 0) is 49.9 Å². The van der Waals surface area contributed by atoms with Crippen molar-refractivity contribution in [1.29, 1.82) is 0 Å². The van der Waals surface area contributed by atoms with Gasteiger partial charge in [0.1, 0.15) is 5.75 Å². The molecule has 1 aromatic carbocycles. The second kappa shape index (κ2) is 7.55. The molecule has 1 fully saturated rings. The lowest BCUT2D eigenvalue weighted by atomic mass is 9.90. The molecule has 1 saturated heterocycles. The zero-order chi connectivity index (χ0) is 17.7. The Morgan fingerprint density at radius 3 is 2.54 bits per heavy atom. The van der Waals surface area contributed by atoms with E-state index in [1.54, 1.807) is 24.0 Å². The summed E-state index contributed by atoms with van der Waals surface area (Å²) in [6, 6.07) is 6.95. The van der Waals surface area contributed by atoms with Crippen LogP contribution in [0.3, 0.4) is 0 Å². The zero-order valence-corrected chi connectivity index (χ0v) is 14.5.